The fraction of sp³-hybridized carbons (Fsp3) is 0.231. The maximum atomic E-state index is 11.9. The van der Waals surface area contributed by atoms with Crippen LogP contribution >= 0.6 is 11.3 Å². The molecule has 0 radical (unpaired) electrons. The summed E-state index contributed by atoms with van der Waals surface area (Å²) in [6.07, 6.45) is 3.29. The number of carbonyl (C=O) groups excluding carboxylic acids is 1. The molecular weight excluding hydrogens is 288 g/mol. The van der Waals surface area contributed by atoms with E-state index in [0.717, 1.165) is 10.6 Å². The predicted molar refractivity (Wildman–Crippen MR) is 79.9 cm³/mol. The van der Waals surface area contributed by atoms with Crippen LogP contribution in [-0.2, 0) is 18.4 Å². The number of hydrogen-bond donors (Lipinski definition) is 1. The second-order valence-electron chi connectivity index (χ2n) is 4.58. The van der Waals surface area contributed by atoms with Crippen molar-refractivity contribution in [2.24, 2.45) is 7.05 Å². The lowest BCUT2D eigenvalue weighted by Crippen LogP contribution is -2.19. The molecule has 7 nitrogen and oxygen atoms in total. The SMILES string of the molecule is Cc1ccc(-c2ccn(CC(=O)Nc3cnn(C)n3)n2)s1. The van der Waals surface area contributed by atoms with Gasteiger partial charge in [0.25, 0.3) is 0 Å². The van der Waals surface area contributed by atoms with Crippen molar-refractivity contribution >= 4 is 23.1 Å². The Labute approximate surface area is 125 Å². The topological polar surface area (TPSA) is 77.6 Å². The van der Waals surface area contributed by atoms with E-state index in [2.05, 4.69) is 33.6 Å². The number of carbonyl (C=O) groups is 1. The van der Waals surface area contributed by atoms with Gasteiger partial charge in [0, 0.05) is 18.1 Å². The first-order chi connectivity index (χ1) is 10.1. The molecule has 0 aliphatic heterocycles. The summed E-state index contributed by atoms with van der Waals surface area (Å²) in [5.41, 5.74) is 0.875. The number of amides is 1. The molecule has 21 heavy (non-hydrogen) atoms. The van der Waals surface area contributed by atoms with Crippen molar-refractivity contribution in [2.45, 2.75) is 13.5 Å². The Bertz CT molecular complexity index is 771. The van der Waals surface area contributed by atoms with Crippen molar-refractivity contribution < 1.29 is 4.79 Å². The summed E-state index contributed by atoms with van der Waals surface area (Å²) in [5, 5.41) is 15.0. The number of nitrogens with one attached hydrogen (secondary N) is 1. The maximum absolute atomic E-state index is 11.9. The normalized spacial score (nSPS) is 10.8. The fourth-order valence-corrected chi connectivity index (χ4v) is 2.72. The molecule has 3 aromatic heterocycles. The average molecular weight is 302 g/mol. The molecule has 0 saturated heterocycles. The van der Waals surface area contributed by atoms with E-state index in [1.807, 2.05) is 12.1 Å². The Morgan fingerprint density at radius 2 is 2.19 bits per heavy atom. The van der Waals surface area contributed by atoms with Gasteiger partial charge in [-0.2, -0.15) is 15.0 Å². The quantitative estimate of drug-likeness (QED) is 0.795. The summed E-state index contributed by atoms with van der Waals surface area (Å²) in [6.45, 7) is 2.19. The van der Waals surface area contributed by atoms with E-state index in [9.17, 15) is 4.79 Å². The molecule has 0 aromatic carbocycles. The number of aromatic nitrogens is 5. The molecule has 8 heteroatoms. The molecule has 0 aliphatic rings. The van der Waals surface area contributed by atoms with E-state index >= 15 is 0 Å². The second-order valence-corrected chi connectivity index (χ2v) is 5.86. The Hall–Kier alpha value is -2.48. The molecule has 0 bridgehead atoms. The first kappa shape index (κ1) is 13.5. The van der Waals surface area contributed by atoms with Crippen molar-refractivity contribution in [3.05, 3.63) is 35.5 Å². The van der Waals surface area contributed by atoms with Crippen molar-refractivity contribution in [1.29, 1.82) is 0 Å². The first-order valence-electron chi connectivity index (χ1n) is 6.36. The molecule has 1 N–H and O–H groups in total. The molecule has 3 aromatic rings. The molecule has 0 fully saturated rings. The van der Waals surface area contributed by atoms with Gasteiger partial charge < -0.3 is 5.32 Å². The molecule has 0 atom stereocenters. The van der Waals surface area contributed by atoms with Crippen LogP contribution in [0.15, 0.2) is 30.6 Å². The summed E-state index contributed by atoms with van der Waals surface area (Å²) in [4.78, 5) is 15.6. The summed E-state index contributed by atoms with van der Waals surface area (Å²) in [7, 11) is 1.69. The lowest BCUT2D eigenvalue weighted by atomic mass is 10.3. The van der Waals surface area contributed by atoms with Gasteiger partial charge in [-0.15, -0.1) is 16.4 Å². The van der Waals surface area contributed by atoms with Crippen LogP contribution in [0.3, 0.4) is 0 Å². The molecular formula is C13H14N6OS. The fourth-order valence-electron chi connectivity index (χ4n) is 1.89. The monoisotopic (exact) mass is 302 g/mol. The molecule has 0 spiro atoms. The number of nitrogens with zero attached hydrogens (tertiary/aromatic N) is 5. The number of hydrogen-bond acceptors (Lipinski definition) is 5. The molecule has 3 heterocycles. The van der Waals surface area contributed by atoms with E-state index < -0.39 is 0 Å². The minimum atomic E-state index is -0.187. The third kappa shape index (κ3) is 3.16. The lowest BCUT2D eigenvalue weighted by Gasteiger charge is -2.01. The van der Waals surface area contributed by atoms with E-state index in [-0.39, 0.29) is 12.5 Å². The van der Waals surface area contributed by atoms with Gasteiger partial charge in [0.2, 0.25) is 5.91 Å². The Morgan fingerprint density at radius 1 is 1.33 bits per heavy atom. The number of aryl methyl sites for hydroxylation is 2. The van der Waals surface area contributed by atoms with Gasteiger partial charge in [0.05, 0.1) is 11.1 Å². The molecule has 0 aliphatic carbocycles. The second kappa shape index (κ2) is 5.49. The van der Waals surface area contributed by atoms with Crippen molar-refractivity contribution in [1.82, 2.24) is 24.8 Å². The minimum absolute atomic E-state index is 0.140. The summed E-state index contributed by atoms with van der Waals surface area (Å²) >= 11 is 1.68. The molecule has 0 saturated carbocycles. The van der Waals surface area contributed by atoms with Gasteiger partial charge in [-0.1, -0.05) is 0 Å². The van der Waals surface area contributed by atoms with Crippen LogP contribution < -0.4 is 5.32 Å². The van der Waals surface area contributed by atoms with Gasteiger partial charge in [-0.05, 0) is 25.1 Å². The summed E-state index contributed by atoms with van der Waals surface area (Å²) in [5.74, 6) is 0.247. The zero-order chi connectivity index (χ0) is 14.8. The van der Waals surface area contributed by atoms with Crippen LogP contribution in [0.5, 0.6) is 0 Å². The van der Waals surface area contributed by atoms with E-state index in [0.29, 0.717) is 5.82 Å². The van der Waals surface area contributed by atoms with Gasteiger partial charge in [-0.3, -0.25) is 9.48 Å². The van der Waals surface area contributed by atoms with Gasteiger partial charge in [-0.25, -0.2) is 0 Å². The highest BCUT2D eigenvalue weighted by atomic mass is 32.1. The zero-order valence-electron chi connectivity index (χ0n) is 11.6. The zero-order valence-corrected chi connectivity index (χ0v) is 12.5. The highest BCUT2D eigenvalue weighted by Gasteiger charge is 2.09. The average Bonchev–Trinajstić information content (AvgIpc) is 3.12. The number of anilines is 1. The molecule has 1 amide bonds. The third-order valence-corrected chi connectivity index (χ3v) is 3.83. The van der Waals surface area contributed by atoms with Gasteiger partial charge >= 0.3 is 0 Å². The van der Waals surface area contributed by atoms with Crippen molar-refractivity contribution in [3.63, 3.8) is 0 Å². The largest absolute Gasteiger partial charge is 0.306 e. The highest BCUT2D eigenvalue weighted by Crippen LogP contribution is 2.25. The van der Waals surface area contributed by atoms with Crippen LogP contribution in [0, 0.1) is 6.92 Å². The van der Waals surface area contributed by atoms with Crippen molar-refractivity contribution in [2.75, 3.05) is 5.32 Å². The van der Waals surface area contributed by atoms with Crippen LogP contribution in [0.1, 0.15) is 4.88 Å². The van der Waals surface area contributed by atoms with Crippen LogP contribution in [0.25, 0.3) is 10.6 Å². The third-order valence-electron chi connectivity index (χ3n) is 2.81. The Morgan fingerprint density at radius 3 is 2.86 bits per heavy atom. The predicted octanol–water partition coefficient (Wildman–Crippen LogP) is 1.69. The summed E-state index contributed by atoms with van der Waals surface area (Å²) in [6, 6.07) is 5.99. The van der Waals surface area contributed by atoms with Crippen LogP contribution in [0.2, 0.25) is 0 Å². The molecule has 3 rings (SSSR count). The molecule has 108 valence electrons. The standard InChI is InChI=1S/C13H14N6OS/c1-9-3-4-11(21-9)10-5-6-19(16-10)8-13(20)15-12-7-14-18(2)17-12/h3-7H,8H2,1-2H3,(H,15,17,20). The van der Waals surface area contributed by atoms with E-state index in [4.69, 9.17) is 0 Å². The number of thiophene rings is 1. The molecule has 0 unspecified atom stereocenters. The van der Waals surface area contributed by atoms with Crippen LogP contribution in [0.4, 0.5) is 5.82 Å². The maximum Gasteiger partial charge on any atom is 0.247 e. The smallest absolute Gasteiger partial charge is 0.247 e. The van der Waals surface area contributed by atoms with Crippen molar-refractivity contribution in [3.8, 4) is 10.6 Å². The lowest BCUT2D eigenvalue weighted by molar-refractivity contribution is -0.116. The van der Waals surface area contributed by atoms with Crippen LogP contribution in [-0.4, -0.2) is 30.7 Å². The summed E-state index contributed by atoms with van der Waals surface area (Å²) < 4.78 is 1.61. The first-order valence-corrected chi connectivity index (χ1v) is 7.18. The Kier molecular flexibility index (Phi) is 3.53. The van der Waals surface area contributed by atoms with E-state index in [1.165, 1.54) is 15.9 Å². The van der Waals surface area contributed by atoms with E-state index in [1.54, 1.807) is 29.3 Å². The highest BCUT2D eigenvalue weighted by molar-refractivity contribution is 7.15. The minimum Gasteiger partial charge on any atom is -0.306 e. The van der Waals surface area contributed by atoms with Gasteiger partial charge in [0.1, 0.15) is 12.2 Å². The number of rotatable bonds is 4. The Balaban J connectivity index is 1.65. The van der Waals surface area contributed by atoms with Gasteiger partial charge in [0.15, 0.2) is 5.82 Å².